The Hall–Kier alpha value is -4.83. The number of allylic oxidation sites excluding steroid dienone is 24. The van der Waals surface area contributed by atoms with Crippen LogP contribution in [0.3, 0.4) is 0 Å². The molecule has 2 atom stereocenters. The van der Waals surface area contributed by atoms with Crippen LogP contribution < -0.4 is 0 Å². The van der Waals surface area contributed by atoms with Gasteiger partial charge in [0.1, 0.15) is 13.2 Å². The number of carboxylic acids is 1. The molecule has 0 saturated heterocycles. The maximum Gasteiger partial charge on any atom is 0.361 e. The lowest BCUT2D eigenvalue weighted by atomic mass is 10.1. The molecule has 0 aromatic carbocycles. The number of hydrogen-bond donors (Lipinski definition) is 1. The van der Waals surface area contributed by atoms with Crippen molar-refractivity contribution in [3.8, 4) is 0 Å². The van der Waals surface area contributed by atoms with Crippen LogP contribution in [0.25, 0.3) is 0 Å². The fourth-order valence-electron chi connectivity index (χ4n) is 6.84. The summed E-state index contributed by atoms with van der Waals surface area (Å²) >= 11 is 0. The van der Waals surface area contributed by atoms with Crippen LogP contribution in [0, 0.1) is 0 Å². The number of ether oxygens (including phenoxy) is 4. The van der Waals surface area contributed by atoms with Gasteiger partial charge in [0, 0.05) is 12.8 Å². The van der Waals surface area contributed by atoms with Gasteiger partial charge in [0.25, 0.3) is 6.29 Å². The molecule has 0 saturated carbocycles. The summed E-state index contributed by atoms with van der Waals surface area (Å²) in [5, 5.41) is 9.68. The van der Waals surface area contributed by atoms with Crippen LogP contribution in [0.15, 0.2) is 146 Å². The van der Waals surface area contributed by atoms with E-state index in [1.54, 1.807) is 0 Å². The Morgan fingerprint density at radius 1 is 0.411 bits per heavy atom. The van der Waals surface area contributed by atoms with E-state index < -0.39 is 24.3 Å². The van der Waals surface area contributed by atoms with E-state index in [2.05, 4.69) is 160 Å². The molecule has 0 aliphatic heterocycles. The van der Waals surface area contributed by atoms with E-state index in [9.17, 15) is 19.5 Å². The van der Waals surface area contributed by atoms with Crippen molar-refractivity contribution in [1.82, 2.24) is 0 Å². The topological polar surface area (TPSA) is 108 Å². The summed E-state index contributed by atoms with van der Waals surface area (Å²) in [7, 11) is 5.93. The number of carbonyl (C=O) groups is 3. The summed E-state index contributed by atoms with van der Waals surface area (Å²) < 4.78 is 22.7. The molecular formula is C64H102NO8+. The highest BCUT2D eigenvalue weighted by Crippen LogP contribution is 2.13. The standard InChI is InChI=1S/C64H101NO8/c1-6-8-10-12-14-16-18-20-21-22-23-24-25-26-27-28-29-30-31-32-33-34-35-36-37-38-39-40-41-43-45-47-49-51-53-55-62(67)73-60(59-72-64(63(68)69)70-57-56-65(3,4)5)58-71-61(66)54-52-50-48-46-44-42-19-17-15-13-11-9-7-2/h8-11,14-17,20-21,23-24,26-27,29-30,32-33,35-36,38-39,42,44,60,64H,6-7,12-13,18-19,22,25,28,31,34,37,40-41,43,45-59H2,1-5H3/p+1/b10-8-,11-9-,16-14-,17-15-,21-20-,24-23-,27-26-,30-29-,33-32-,36-35-,39-38-,44-42-. The molecule has 0 heterocycles. The summed E-state index contributed by atoms with van der Waals surface area (Å²) in [5.74, 6) is -2.08. The van der Waals surface area contributed by atoms with E-state index in [4.69, 9.17) is 18.9 Å². The number of likely N-dealkylation sites (N-methyl/N-ethyl adjacent to an activating group) is 1. The van der Waals surface area contributed by atoms with Crippen molar-refractivity contribution in [3.05, 3.63) is 146 Å². The smallest absolute Gasteiger partial charge is 0.361 e. The second-order valence-electron chi connectivity index (χ2n) is 19.1. The van der Waals surface area contributed by atoms with Gasteiger partial charge in [-0.1, -0.05) is 198 Å². The molecule has 0 radical (unpaired) electrons. The molecule has 410 valence electrons. The van der Waals surface area contributed by atoms with Crippen molar-refractivity contribution in [3.63, 3.8) is 0 Å². The third kappa shape index (κ3) is 54.8. The first-order chi connectivity index (χ1) is 35.6. The van der Waals surface area contributed by atoms with Crippen LogP contribution in [-0.2, 0) is 33.3 Å². The number of unbranched alkanes of at least 4 members (excludes halogenated alkanes) is 10. The molecule has 0 rings (SSSR count). The maximum absolute atomic E-state index is 12.8. The molecule has 0 fully saturated rings. The van der Waals surface area contributed by atoms with E-state index in [1.807, 2.05) is 21.1 Å². The summed E-state index contributed by atoms with van der Waals surface area (Å²) in [6.45, 7) is 4.56. The van der Waals surface area contributed by atoms with Gasteiger partial charge in [0.15, 0.2) is 6.10 Å². The number of esters is 2. The van der Waals surface area contributed by atoms with Crippen molar-refractivity contribution in [2.75, 3.05) is 47.5 Å². The SMILES string of the molecule is CC/C=C\C/C=C\C/C=C\C/C=C\C/C=C\C/C=C\C/C=C\C/C=C\C/C=C\CCCCCCCCCC(=O)OC(COC(=O)CCCCC/C=C\C/C=C\C/C=C\CC)COC(OCC[N+](C)(C)C)C(=O)O. The zero-order chi connectivity index (χ0) is 53.4. The summed E-state index contributed by atoms with van der Waals surface area (Å²) in [4.78, 5) is 37.3. The summed E-state index contributed by atoms with van der Waals surface area (Å²) in [5.41, 5.74) is 0. The van der Waals surface area contributed by atoms with Gasteiger partial charge in [-0.2, -0.15) is 0 Å². The second-order valence-corrected chi connectivity index (χ2v) is 19.1. The first-order valence-corrected chi connectivity index (χ1v) is 28.0. The number of aliphatic carboxylic acids is 1. The van der Waals surface area contributed by atoms with E-state index in [-0.39, 0.29) is 38.6 Å². The van der Waals surface area contributed by atoms with Gasteiger partial charge in [-0.25, -0.2) is 4.79 Å². The molecule has 0 bridgehead atoms. The molecule has 0 aromatic heterocycles. The normalized spacial score (nSPS) is 13.9. The third-order valence-electron chi connectivity index (χ3n) is 11.1. The van der Waals surface area contributed by atoms with Crippen LogP contribution in [0.5, 0.6) is 0 Å². The molecule has 9 heteroatoms. The Morgan fingerprint density at radius 2 is 0.740 bits per heavy atom. The highest BCUT2D eigenvalue weighted by Gasteiger charge is 2.25. The lowest BCUT2D eigenvalue weighted by Gasteiger charge is -2.25. The monoisotopic (exact) mass is 1010 g/mol. The first-order valence-electron chi connectivity index (χ1n) is 28.0. The van der Waals surface area contributed by atoms with Gasteiger partial charge in [0.05, 0.1) is 34.4 Å². The van der Waals surface area contributed by atoms with Gasteiger partial charge in [-0.05, 0) is 116 Å². The molecule has 0 aromatic rings. The predicted octanol–water partition coefficient (Wildman–Crippen LogP) is 16.4. The fourth-order valence-corrected chi connectivity index (χ4v) is 6.84. The number of carboxylic acid groups (broad SMARTS) is 1. The fraction of sp³-hybridized carbons (Fsp3) is 0.578. The number of rotatable bonds is 49. The molecule has 1 N–H and O–H groups in total. The van der Waals surface area contributed by atoms with Gasteiger partial charge in [0.2, 0.25) is 0 Å². The number of quaternary nitrogens is 1. The Bertz CT molecular complexity index is 1700. The van der Waals surface area contributed by atoms with Gasteiger partial charge < -0.3 is 28.5 Å². The first kappa shape index (κ1) is 68.2. The average Bonchev–Trinajstić information content (AvgIpc) is 3.36. The number of carbonyl (C=O) groups excluding carboxylic acids is 2. The van der Waals surface area contributed by atoms with Gasteiger partial charge >= 0.3 is 17.9 Å². The Morgan fingerprint density at radius 3 is 1.11 bits per heavy atom. The molecule has 0 amide bonds. The zero-order valence-corrected chi connectivity index (χ0v) is 46.5. The van der Waals surface area contributed by atoms with E-state index in [0.717, 1.165) is 122 Å². The van der Waals surface area contributed by atoms with Crippen molar-refractivity contribution < 1.29 is 42.9 Å². The quantitative estimate of drug-likeness (QED) is 0.0211. The molecule has 0 aliphatic carbocycles. The zero-order valence-electron chi connectivity index (χ0n) is 46.5. The molecule has 0 spiro atoms. The average molecular weight is 1010 g/mol. The van der Waals surface area contributed by atoms with Crippen LogP contribution in [0.2, 0.25) is 0 Å². The molecule has 73 heavy (non-hydrogen) atoms. The predicted molar refractivity (Wildman–Crippen MR) is 308 cm³/mol. The second kappa shape index (κ2) is 53.5. The third-order valence-corrected chi connectivity index (χ3v) is 11.1. The Kier molecular flexibility index (Phi) is 49.9. The van der Waals surface area contributed by atoms with E-state index in [0.29, 0.717) is 23.9 Å². The van der Waals surface area contributed by atoms with Crippen molar-refractivity contribution in [1.29, 1.82) is 0 Å². The lowest BCUT2D eigenvalue weighted by molar-refractivity contribution is -0.870. The highest BCUT2D eigenvalue weighted by molar-refractivity contribution is 5.71. The largest absolute Gasteiger partial charge is 0.477 e. The van der Waals surface area contributed by atoms with Crippen molar-refractivity contribution in [2.45, 2.75) is 193 Å². The van der Waals surface area contributed by atoms with Crippen molar-refractivity contribution in [2.24, 2.45) is 0 Å². The van der Waals surface area contributed by atoms with Gasteiger partial charge in [-0.3, -0.25) is 9.59 Å². The minimum Gasteiger partial charge on any atom is -0.477 e. The number of hydrogen-bond acceptors (Lipinski definition) is 7. The van der Waals surface area contributed by atoms with Crippen LogP contribution in [-0.4, -0.2) is 87.4 Å². The van der Waals surface area contributed by atoms with Gasteiger partial charge in [-0.15, -0.1) is 0 Å². The molecule has 0 aliphatic rings. The Balaban J connectivity index is 4.27. The number of nitrogens with zero attached hydrogens (tertiary/aromatic N) is 1. The molecule has 2 unspecified atom stereocenters. The maximum atomic E-state index is 12.8. The van der Waals surface area contributed by atoms with Crippen LogP contribution in [0.4, 0.5) is 0 Å². The minimum atomic E-state index is -1.53. The van der Waals surface area contributed by atoms with Crippen LogP contribution in [0.1, 0.15) is 181 Å². The molecular weight excluding hydrogens is 911 g/mol. The summed E-state index contributed by atoms with van der Waals surface area (Å²) in [6, 6.07) is 0. The van der Waals surface area contributed by atoms with Crippen molar-refractivity contribution >= 4 is 17.9 Å². The summed E-state index contributed by atoms with van der Waals surface area (Å²) in [6.07, 6.45) is 75.1. The van der Waals surface area contributed by atoms with Crippen LogP contribution >= 0.6 is 0 Å². The lowest BCUT2D eigenvalue weighted by Crippen LogP contribution is -2.40. The molecule has 9 nitrogen and oxygen atoms in total. The van der Waals surface area contributed by atoms with E-state index >= 15 is 0 Å². The Labute approximate surface area is 445 Å². The van der Waals surface area contributed by atoms with E-state index in [1.165, 1.54) is 19.3 Å². The highest BCUT2D eigenvalue weighted by atomic mass is 16.7. The minimum absolute atomic E-state index is 0.172.